The lowest BCUT2D eigenvalue weighted by atomic mass is 9.85. The molecule has 0 aliphatic carbocycles. The Morgan fingerprint density at radius 1 is 1.25 bits per heavy atom. The Bertz CT molecular complexity index is 584. The van der Waals surface area contributed by atoms with Crippen LogP contribution in [0.15, 0.2) is 12.1 Å². The molecule has 0 unspecified atom stereocenters. The molecule has 1 aliphatic heterocycles. The molecule has 1 aromatic carbocycles. The average Bonchev–Trinajstić information content (AvgIpc) is 2.51. The first-order valence-corrected chi connectivity index (χ1v) is 8.66. The van der Waals surface area contributed by atoms with Crippen LogP contribution in [-0.2, 0) is 21.5 Å². The van der Waals surface area contributed by atoms with Crippen LogP contribution in [0, 0.1) is 5.92 Å². The number of benzene rings is 1. The van der Waals surface area contributed by atoms with E-state index in [4.69, 9.17) is 4.74 Å². The molecule has 1 heterocycles. The standard InChI is InChI=1S/C19H29NO4/c1-5-24-18(23)13-6-8-20(9-7-13)12-14-10-15(19(2,3)4)11-16(21)17(14)22/h10-11,13,21-22H,5-9,12H2,1-4H3. The highest BCUT2D eigenvalue weighted by molar-refractivity contribution is 5.72. The number of aromatic hydroxyl groups is 2. The van der Waals surface area contributed by atoms with E-state index in [0.29, 0.717) is 13.2 Å². The van der Waals surface area contributed by atoms with E-state index in [1.54, 1.807) is 6.07 Å². The third-order valence-electron chi connectivity index (χ3n) is 4.64. The van der Waals surface area contributed by atoms with Crippen molar-refractivity contribution in [3.63, 3.8) is 0 Å². The van der Waals surface area contributed by atoms with Crippen molar-refractivity contribution in [2.75, 3.05) is 19.7 Å². The van der Waals surface area contributed by atoms with Crippen molar-refractivity contribution in [1.29, 1.82) is 0 Å². The summed E-state index contributed by atoms with van der Waals surface area (Å²) in [7, 11) is 0. The molecule has 5 nitrogen and oxygen atoms in total. The fourth-order valence-corrected chi connectivity index (χ4v) is 3.06. The molecule has 0 bridgehead atoms. The lowest BCUT2D eigenvalue weighted by Crippen LogP contribution is -2.36. The maximum atomic E-state index is 11.8. The van der Waals surface area contributed by atoms with Gasteiger partial charge in [-0.25, -0.2) is 0 Å². The van der Waals surface area contributed by atoms with Gasteiger partial charge in [0.15, 0.2) is 11.5 Å². The number of ether oxygens (including phenoxy) is 1. The second-order valence-electron chi connectivity index (χ2n) is 7.56. The maximum absolute atomic E-state index is 11.8. The quantitative estimate of drug-likeness (QED) is 0.653. The molecule has 2 N–H and O–H groups in total. The number of likely N-dealkylation sites (tertiary alicyclic amines) is 1. The summed E-state index contributed by atoms with van der Waals surface area (Å²) in [6, 6.07) is 3.60. The number of nitrogens with zero attached hydrogens (tertiary/aromatic N) is 1. The number of carbonyl (C=O) groups excluding carboxylic acids is 1. The topological polar surface area (TPSA) is 70.0 Å². The molecule has 2 rings (SSSR count). The number of carbonyl (C=O) groups is 1. The fraction of sp³-hybridized carbons (Fsp3) is 0.632. The molecule has 0 radical (unpaired) electrons. The summed E-state index contributed by atoms with van der Waals surface area (Å²) in [5, 5.41) is 20.2. The first kappa shape index (κ1) is 18.6. The Balaban J connectivity index is 2.05. The van der Waals surface area contributed by atoms with Gasteiger partial charge in [-0.3, -0.25) is 9.69 Å². The highest BCUT2D eigenvalue weighted by Gasteiger charge is 2.27. The Kier molecular flexibility index (Phi) is 5.75. The molecule has 0 atom stereocenters. The molecular weight excluding hydrogens is 306 g/mol. The summed E-state index contributed by atoms with van der Waals surface area (Å²) in [5.74, 6) is -0.245. The first-order valence-electron chi connectivity index (χ1n) is 8.66. The molecule has 1 aromatic rings. The van der Waals surface area contributed by atoms with Crippen molar-refractivity contribution in [3.8, 4) is 11.5 Å². The molecule has 24 heavy (non-hydrogen) atoms. The van der Waals surface area contributed by atoms with E-state index >= 15 is 0 Å². The van der Waals surface area contributed by atoms with E-state index in [1.165, 1.54) is 0 Å². The van der Waals surface area contributed by atoms with E-state index in [-0.39, 0.29) is 28.8 Å². The van der Waals surface area contributed by atoms with Gasteiger partial charge in [-0.05, 0) is 49.9 Å². The second-order valence-corrected chi connectivity index (χ2v) is 7.56. The SMILES string of the molecule is CCOC(=O)C1CCN(Cc2cc(C(C)(C)C)cc(O)c2O)CC1. The number of piperidine rings is 1. The van der Waals surface area contributed by atoms with Gasteiger partial charge in [0.25, 0.3) is 0 Å². The molecule has 1 saturated heterocycles. The van der Waals surface area contributed by atoms with Gasteiger partial charge in [-0.1, -0.05) is 26.8 Å². The summed E-state index contributed by atoms with van der Waals surface area (Å²) in [6.07, 6.45) is 1.54. The number of hydrogen-bond acceptors (Lipinski definition) is 5. The van der Waals surface area contributed by atoms with Crippen LogP contribution in [0.1, 0.15) is 51.7 Å². The van der Waals surface area contributed by atoms with Crippen molar-refractivity contribution in [1.82, 2.24) is 4.90 Å². The molecule has 134 valence electrons. The minimum absolute atomic E-state index is 0.0240. The van der Waals surface area contributed by atoms with Crippen LogP contribution in [0.5, 0.6) is 11.5 Å². The van der Waals surface area contributed by atoms with Crippen LogP contribution in [0.2, 0.25) is 0 Å². The maximum Gasteiger partial charge on any atom is 0.309 e. The van der Waals surface area contributed by atoms with Crippen molar-refractivity contribution in [3.05, 3.63) is 23.3 Å². The number of hydrogen-bond donors (Lipinski definition) is 2. The zero-order chi connectivity index (χ0) is 17.9. The molecule has 1 aliphatic rings. The zero-order valence-electron chi connectivity index (χ0n) is 15.1. The van der Waals surface area contributed by atoms with Gasteiger partial charge >= 0.3 is 5.97 Å². The largest absolute Gasteiger partial charge is 0.504 e. The van der Waals surface area contributed by atoms with Crippen LogP contribution < -0.4 is 0 Å². The van der Waals surface area contributed by atoms with Gasteiger partial charge in [-0.15, -0.1) is 0 Å². The molecule has 5 heteroatoms. The third-order valence-corrected chi connectivity index (χ3v) is 4.64. The van der Waals surface area contributed by atoms with Crippen molar-refractivity contribution in [2.45, 2.75) is 52.5 Å². The number of rotatable bonds is 4. The monoisotopic (exact) mass is 335 g/mol. The van der Waals surface area contributed by atoms with Crippen LogP contribution in [0.25, 0.3) is 0 Å². The molecular formula is C19H29NO4. The summed E-state index contributed by atoms with van der Waals surface area (Å²) >= 11 is 0. The van der Waals surface area contributed by atoms with E-state index in [0.717, 1.165) is 37.1 Å². The normalized spacial score (nSPS) is 17.0. The smallest absolute Gasteiger partial charge is 0.309 e. The Labute approximate surface area is 144 Å². The van der Waals surface area contributed by atoms with E-state index in [9.17, 15) is 15.0 Å². The summed E-state index contributed by atoms with van der Waals surface area (Å²) < 4.78 is 5.09. The second kappa shape index (κ2) is 7.43. The molecule has 0 aromatic heterocycles. The Morgan fingerprint density at radius 3 is 2.42 bits per heavy atom. The number of phenols is 2. The zero-order valence-corrected chi connectivity index (χ0v) is 15.1. The van der Waals surface area contributed by atoms with Crippen molar-refractivity contribution >= 4 is 5.97 Å². The van der Waals surface area contributed by atoms with Crippen LogP contribution in [0.4, 0.5) is 0 Å². The summed E-state index contributed by atoms with van der Waals surface area (Å²) in [5.41, 5.74) is 1.63. The first-order chi connectivity index (χ1) is 11.2. The van der Waals surface area contributed by atoms with Crippen LogP contribution >= 0.6 is 0 Å². The molecule has 0 spiro atoms. The summed E-state index contributed by atoms with van der Waals surface area (Å²) in [6.45, 7) is 10.6. The predicted octanol–water partition coefficient (Wildman–Crippen LogP) is 3.17. The highest BCUT2D eigenvalue weighted by atomic mass is 16.5. The molecule has 1 fully saturated rings. The fourth-order valence-electron chi connectivity index (χ4n) is 3.06. The number of esters is 1. The van der Waals surface area contributed by atoms with E-state index < -0.39 is 0 Å². The number of phenolic OH excluding ortho intramolecular Hbond substituents is 2. The van der Waals surface area contributed by atoms with Gasteiger partial charge < -0.3 is 14.9 Å². The Morgan fingerprint density at radius 2 is 1.88 bits per heavy atom. The molecule has 0 saturated carbocycles. The van der Waals surface area contributed by atoms with Gasteiger partial charge in [0, 0.05) is 12.1 Å². The van der Waals surface area contributed by atoms with Crippen LogP contribution in [0.3, 0.4) is 0 Å². The van der Waals surface area contributed by atoms with Crippen LogP contribution in [-0.4, -0.2) is 40.8 Å². The highest BCUT2D eigenvalue weighted by Crippen LogP contribution is 2.36. The lowest BCUT2D eigenvalue weighted by Gasteiger charge is -2.31. The minimum Gasteiger partial charge on any atom is -0.504 e. The van der Waals surface area contributed by atoms with Gasteiger partial charge in [0.2, 0.25) is 0 Å². The Hall–Kier alpha value is -1.75. The van der Waals surface area contributed by atoms with E-state index in [2.05, 4.69) is 25.7 Å². The van der Waals surface area contributed by atoms with E-state index in [1.807, 2.05) is 13.0 Å². The van der Waals surface area contributed by atoms with Crippen molar-refractivity contribution in [2.24, 2.45) is 5.92 Å². The lowest BCUT2D eigenvalue weighted by molar-refractivity contribution is -0.149. The molecule has 0 amide bonds. The average molecular weight is 335 g/mol. The van der Waals surface area contributed by atoms with Gasteiger partial charge in [0.05, 0.1) is 12.5 Å². The van der Waals surface area contributed by atoms with Crippen molar-refractivity contribution < 1.29 is 19.7 Å². The predicted molar refractivity (Wildman–Crippen MR) is 93.1 cm³/mol. The third kappa shape index (κ3) is 4.41. The van der Waals surface area contributed by atoms with Gasteiger partial charge in [0.1, 0.15) is 0 Å². The summed E-state index contributed by atoms with van der Waals surface area (Å²) in [4.78, 5) is 14.0. The van der Waals surface area contributed by atoms with Gasteiger partial charge in [-0.2, -0.15) is 0 Å². The minimum atomic E-state index is -0.104.